The first-order valence-electron chi connectivity index (χ1n) is 7.92. The number of hydrogen-bond donors (Lipinski definition) is 2. The maximum Gasteiger partial charge on any atom is 0.0599 e. The van der Waals surface area contributed by atoms with Crippen molar-refractivity contribution in [3.8, 4) is 0 Å². The summed E-state index contributed by atoms with van der Waals surface area (Å²) in [5.41, 5.74) is 0. The van der Waals surface area contributed by atoms with Crippen molar-refractivity contribution in [3.63, 3.8) is 0 Å². The van der Waals surface area contributed by atoms with E-state index in [4.69, 9.17) is 0 Å². The van der Waals surface area contributed by atoms with Crippen molar-refractivity contribution in [1.29, 1.82) is 0 Å². The van der Waals surface area contributed by atoms with Gasteiger partial charge in [-0.3, -0.25) is 4.90 Å². The van der Waals surface area contributed by atoms with E-state index in [-0.39, 0.29) is 0 Å². The summed E-state index contributed by atoms with van der Waals surface area (Å²) in [5, 5.41) is 13.1. The topological polar surface area (TPSA) is 35.5 Å². The van der Waals surface area contributed by atoms with E-state index < -0.39 is 0 Å². The van der Waals surface area contributed by atoms with Crippen molar-refractivity contribution in [3.05, 3.63) is 0 Å². The number of rotatable bonds is 2. The fourth-order valence-electron chi connectivity index (χ4n) is 5.78. The highest BCUT2D eigenvalue weighted by atomic mass is 16.3. The van der Waals surface area contributed by atoms with Crippen molar-refractivity contribution >= 4 is 0 Å². The van der Waals surface area contributed by atoms with E-state index in [1.807, 2.05) is 0 Å². The highest BCUT2D eigenvalue weighted by Gasteiger charge is 2.51. The summed E-state index contributed by atoms with van der Waals surface area (Å²) in [5.74, 6) is 4.01. The minimum atomic E-state index is 0.329. The van der Waals surface area contributed by atoms with E-state index in [1.165, 1.54) is 32.1 Å². The first-order chi connectivity index (χ1) is 8.85. The standard InChI is InChI=1S/C15H26N2O/c18-9-14-8-16-1-2-17(14)15-12-4-10-3-11(6-12)7-13(15)5-10/h10-16,18H,1-9H2. The molecule has 0 amide bonds. The molecule has 5 aliphatic rings. The summed E-state index contributed by atoms with van der Waals surface area (Å²) in [6.45, 7) is 3.58. The Labute approximate surface area is 110 Å². The molecule has 5 rings (SSSR count). The second kappa shape index (κ2) is 4.46. The summed E-state index contributed by atoms with van der Waals surface area (Å²) in [4.78, 5) is 2.68. The molecule has 1 saturated heterocycles. The molecular weight excluding hydrogens is 224 g/mol. The molecule has 3 nitrogen and oxygen atoms in total. The van der Waals surface area contributed by atoms with Gasteiger partial charge in [0.25, 0.3) is 0 Å². The number of nitrogens with one attached hydrogen (secondary N) is 1. The van der Waals surface area contributed by atoms with Crippen molar-refractivity contribution in [2.45, 2.75) is 44.2 Å². The van der Waals surface area contributed by atoms with Crippen molar-refractivity contribution in [1.82, 2.24) is 10.2 Å². The summed E-state index contributed by atoms with van der Waals surface area (Å²) in [7, 11) is 0. The average Bonchev–Trinajstić information content (AvgIpc) is 2.38. The molecule has 4 saturated carbocycles. The van der Waals surface area contributed by atoms with E-state index in [2.05, 4.69) is 10.2 Å². The summed E-state index contributed by atoms with van der Waals surface area (Å²) in [6, 6.07) is 1.18. The molecule has 1 heterocycles. The minimum Gasteiger partial charge on any atom is -0.395 e. The molecule has 0 aromatic heterocycles. The van der Waals surface area contributed by atoms with Crippen LogP contribution in [0.25, 0.3) is 0 Å². The molecule has 1 atom stereocenters. The fraction of sp³-hybridized carbons (Fsp3) is 1.00. The maximum atomic E-state index is 9.63. The van der Waals surface area contributed by atoms with E-state index >= 15 is 0 Å². The molecular formula is C15H26N2O. The van der Waals surface area contributed by atoms with E-state index in [9.17, 15) is 5.11 Å². The zero-order chi connectivity index (χ0) is 12.1. The van der Waals surface area contributed by atoms with Crippen molar-refractivity contribution in [2.75, 3.05) is 26.2 Å². The van der Waals surface area contributed by atoms with Crippen LogP contribution in [-0.4, -0.2) is 48.3 Å². The highest BCUT2D eigenvalue weighted by molar-refractivity contribution is 5.03. The van der Waals surface area contributed by atoms with Gasteiger partial charge in [0.15, 0.2) is 0 Å². The molecule has 0 aromatic rings. The van der Waals surface area contributed by atoms with Crippen LogP contribution in [0.4, 0.5) is 0 Å². The van der Waals surface area contributed by atoms with Gasteiger partial charge >= 0.3 is 0 Å². The Morgan fingerprint density at radius 1 is 1.00 bits per heavy atom. The van der Waals surface area contributed by atoms with Gasteiger partial charge in [-0.2, -0.15) is 0 Å². The quantitative estimate of drug-likeness (QED) is 0.770. The molecule has 102 valence electrons. The molecule has 0 aromatic carbocycles. The number of piperazine rings is 1. The molecule has 4 aliphatic carbocycles. The van der Waals surface area contributed by atoms with Gasteiger partial charge in [-0.1, -0.05) is 0 Å². The molecule has 0 spiro atoms. The minimum absolute atomic E-state index is 0.329. The Morgan fingerprint density at radius 3 is 2.28 bits per heavy atom. The van der Waals surface area contributed by atoms with Gasteiger partial charge in [0.05, 0.1) is 6.61 Å². The zero-order valence-corrected chi connectivity index (χ0v) is 11.2. The summed E-state index contributed by atoms with van der Waals surface area (Å²) < 4.78 is 0. The fourth-order valence-corrected chi connectivity index (χ4v) is 5.78. The first-order valence-corrected chi connectivity index (χ1v) is 7.92. The molecule has 3 heteroatoms. The maximum absolute atomic E-state index is 9.63. The van der Waals surface area contributed by atoms with Crippen LogP contribution in [-0.2, 0) is 0 Å². The zero-order valence-electron chi connectivity index (χ0n) is 11.2. The van der Waals surface area contributed by atoms with Gasteiger partial charge in [-0.15, -0.1) is 0 Å². The van der Waals surface area contributed by atoms with Crippen LogP contribution in [0.15, 0.2) is 0 Å². The molecule has 18 heavy (non-hydrogen) atoms. The largest absolute Gasteiger partial charge is 0.395 e. The first kappa shape index (κ1) is 11.7. The van der Waals surface area contributed by atoms with Crippen LogP contribution in [0.5, 0.6) is 0 Å². The van der Waals surface area contributed by atoms with E-state index in [1.54, 1.807) is 0 Å². The summed E-state index contributed by atoms with van der Waals surface area (Å²) >= 11 is 0. The molecule has 1 unspecified atom stereocenters. The second-order valence-corrected chi connectivity index (χ2v) is 7.20. The third-order valence-corrected chi connectivity index (χ3v) is 6.17. The molecule has 0 radical (unpaired) electrons. The van der Waals surface area contributed by atoms with Gasteiger partial charge in [-0.25, -0.2) is 0 Å². The van der Waals surface area contributed by atoms with Crippen molar-refractivity contribution < 1.29 is 5.11 Å². The Morgan fingerprint density at radius 2 is 1.67 bits per heavy atom. The van der Waals surface area contributed by atoms with Gasteiger partial charge in [0.1, 0.15) is 0 Å². The van der Waals surface area contributed by atoms with Gasteiger partial charge < -0.3 is 10.4 Å². The van der Waals surface area contributed by atoms with Gasteiger partial charge in [0, 0.05) is 31.7 Å². The smallest absolute Gasteiger partial charge is 0.0599 e. The van der Waals surface area contributed by atoms with E-state index in [0.29, 0.717) is 12.6 Å². The molecule has 1 aliphatic heterocycles. The number of aliphatic hydroxyl groups excluding tert-OH is 1. The van der Waals surface area contributed by atoms with Crippen LogP contribution in [0.1, 0.15) is 32.1 Å². The average molecular weight is 250 g/mol. The lowest BCUT2D eigenvalue weighted by molar-refractivity contribution is -0.0891. The van der Waals surface area contributed by atoms with Crippen LogP contribution in [0.2, 0.25) is 0 Å². The number of aliphatic hydroxyl groups is 1. The van der Waals surface area contributed by atoms with Crippen LogP contribution >= 0.6 is 0 Å². The third kappa shape index (κ3) is 1.75. The Hall–Kier alpha value is -0.120. The van der Waals surface area contributed by atoms with Gasteiger partial charge in [0.2, 0.25) is 0 Å². The molecule has 4 bridgehead atoms. The lowest BCUT2D eigenvalue weighted by Gasteiger charge is -2.59. The van der Waals surface area contributed by atoms with Crippen LogP contribution < -0.4 is 5.32 Å². The monoisotopic (exact) mass is 250 g/mol. The molecule has 2 N–H and O–H groups in total. The third-order valence-electron chi connectivity index (χ3n) is 6.17. The second-order valence-electron chi connectivity index (χ2n) is 7.20. The lowest BCUT2D eigenvalue weighted by Crippen LogP contribution is -2.64. The Balaban J connectivity index is 1.56. The van der Waals surface area contributed by atoms with E-state index in [0.717, 1.165) is 49.3 Å². The highest BCUT2D eigenvalue weighted by Crippen LogP contribution is 2.55. The predicted molar refractivity (Wildman–Crippen MR) is 71.3 cm³/mol. The number of hydrogen-bond acceptors (Lipinski definition) is 3. The van der Waals surface area contributed by atoms with Gasteiger partial charge in [-0.05, 0) is 55.8 Å². The van der Waals surface area contributed by atoms with Crippen LogP contribution in [0, 0.1) is 23.7 Å². The normalized spacial score (nSPS) is 51.8. The lowest BCUT2D eigenvalue weighted by atomic mass is 9.53. The Bertz CT molecular complexity index is 292. The van der Waals surface area contributed by atoms with Crippen molar-refractivity contribution in [2.24, 2.45) is 23.7 Å². The van der Waals surface area contributed by atoms with Crippen LogP contribution in [0.3, 0.4) is 0 Å². The summed E-state index contributed by atoms with van der Waals surface area (Å²) in [6.07, 6.45) is 7.48. The predicted octanol–water partition coefficient (Wildman–Crippen LogP) is 1.08. The Kier molecular flexibility index (Phi) is 2.90. The SMILES string of the molecule is OCC1CNCCN1C1C2CC3CC(C2)CC1C3. The molecule has 5 fully saturated rings. The number of nitrogens with zero attached hydrogens (tertiary/aromatic N) is 1.